The second-order valence-corrected chi connectivity index (χ2v) is 15.0. The molecule has 4 aromatic rings. The maximum Gasteiger partial charge on any atom is 0.435 e. The molecule has 266 valence electrons. The van der Waals surface area contributed by atoms with E-state index in [1.807, 2.05) is 56.3 Å². The van der Waals surface area contributed by atoms with Gasteiger partial charge in [-0.3, -0.25) is 14.5 Å². The van der Waals surface area contributed by atoms with Gasteiger partial charge in [0.1, 0.15) is 11.6 Å². The van der Waals surface area contributed by atoms with Crippen LogP contribution in [-0.4, -0.2) is 76.8 Å². The molecule has 2 amide bonds. The van der Waals surface area contributed by atoms with Crippen LogP contribution in [0.15, 0.2) is 65.1 Å². The Morgan fingerprint density at radius 1 is 0.980 bits per heavy atom. The van der Waals surface area contributed by atoms with Gasteiger partial charge in [0.15, 0.2) is 17.2 Å². The Morgan fingerprint density at radius 3 is 2.36 bits per heavy atom. The highest BCUT2D eigenvalue weighted by Gasteiger charge is 2.35. The molecule has 3 heterocycles. The number of piperazine rings is 1. The summed E-state index contributed by atoms with van der Waals surface area (Å²) < 4.78 is 13.3. The second kappa shape index (κ2) is 14.8. The number of ether oxygens (including phenoxy) is 1. The van der Waals surface area contributed by atoms with Crippen LogP contribution in [0, 0.1) is 17.8 Å². The Balaban J connectivity index is 1.25. The van der Waals surface area contributed by atoms with Crippen molar-refractivity contribution in [1.82, 2.24) is 24.9 Å². The summed E-state index contributed by atoms with van der Waals surface area (Å²) in [4.78, 5) is 45.6. The Morgan fingerprint density at radius 2 is 1.68 bits per heavy atom. The maximum atomic E-state index is 13.8. The number of carbonyl (C=O) groups is 3. The van der Waals surface area contributed by atoms with Crippen molar-refractivity contribution < 1.29 is 23.5 Å². The third-order valence-corrected chi connectivity index (χ3v) is 10.3. The molecule has 1 saturated carbocycles. The molecule has 0 bridgehead atoms. The number of nitrogens with one attached hydrogen (secondary N) is 2. The fraction of sp³-hybridized carbons (Fsp3) is 0.487. The number of rotatable bonds is 9. The average molecular weight is 683 g/mol. The number of fused-ring (bicyclic) bond motifs is 1. The number of amides is 2. The van der Waals surface area contributed by atoms with Gasteiger partial charge in [0.05, 0.1) is 5.54 Å². The Kier molecular flexibility index (Phi) is 10.5. The molecule has 11 nitrogen and oxygen atoms in total. The van der Waals surface area contributed by atoms with Crippen molar-refractivity contribution in [3.8, 4) is 0 Å². The molecule has 6 rings (SSSR count). The quantitative estimate of drug-likeness (QED) is 0.199. The summed E-state index contributed by atoms with van der Waals surface area (Å²) in [5.74, 6) is 0.137. The number of nitrogens with zero attached hydrogens (tertiary/aromatic N) is 4. The maximum absolute atomic E-state index is 13.8. The summed E-state index contributed by atoms with van der Waals surface area (Å²) in [6, 6.07) is 18.6. The molecular formula is C39H50N6O5. The van der Waals surface area contributed by atoms with Crippen LogP contribution < -0.4 is 10.6 Å². The van der Waals surface area contributed by atoms with Gasteiger partial charge in [-0.2, -0.15) is 4.68 Å². The van der Waals surface area contributed by atoms with Gasteiger partial charge in [-0.15, -0.1) is 5.10 Å². The average Bonchev–Trinajstić information content (AvgIpc) is 3.67. The first-order chi connectivity index (χ1) is 23.9. The van der Waals surface area contributed by atoms with Crippen molar-refractivity contribution in [2.24, 2.45) is 17.8 Å². The van der Waals surface area contributed by atoms with E-state index in [-0.39, 0.29) is 34.7 Å². The SMILES string of the molecule is CC(C)[C@@H]1CC[C@@H](C)C[C@H]1OC(=O)n1nc(NC(=O)c2ccc(CN3CCN(C)CC3)cc2)c2oc(C(=O)NC(C)(C)c3ccccc3)cc21. The van der Waals surface area contributed by atoms with E-state index in [2.05, 4.69) is 53.4 Å². The summed E-state index contributed by atoms with van der Waals surface area (Å²) in [7, 11) is 2.13. The fourth-order valence-corrected chi connectivity index (χ4v) is 7.15. The van der Waals surface area contributed by atoms with E-state index in [9.17, 15) is 14.4 Å². The first-order valence-electron chi connectivity index (χ1n) is 17.8. The van der Waals surface area contributed by atoms with Crippen LogP contribution in [0.4, 0.5) is 10.6 Å². The first kappa shape index (κ1) is 35.3. The van der Waals surface area contributed by atoms with Gasteiger partial charge in [-0.05, 0) is 74.8 Å². The molecule has 50 heavy (non-hydrogen) atoms. The molecular weight excluding hydrogens is 632 g/mol. The largest absolute Gasteiger partial charge is 0.445 e. The van der Waals surface area contributed by atoms with Gasteiger partial charge in [-0.1, -0.05) is 69.7 Å². The number of hydrogen-bond donors (Lipinski definition) is 2. The van der Waals surface area contributed by atoms with E-state index >= 15 is 0 Å². The number of benzene rings is 2. The molecule has 3 atom stereocenters. The van der Waals surface area contributed by atoms with Crippen LogP contribution in [0.25, 0.3) is 11.1 Å². The van der Waals surface area contributed by atoms with Crippen molar-refractivity contribution in [2.75, 3.05) is 38.5 Å². The number of likely N-dealkylation sites (N-methyl/N-ethyl adjacent to an activating group) is 1. The van der Waals surface area contributed by atoms with E-state index in [0.717, 1.165) is 67.8 Å². The highest BCUT2D eigenvalue weighted by atomic mass is 16.6. The summed E-state index contributed by atoms with van der Waals surface area (Å²) >= 11 is 0. The lowest BCUT2D eigenvalue weighted by Gasteiger charge is -2.36. The van der Waals surface area contributed by atoms with Gasteiger partial charge < -0.3 is 24.7 Å². The van der Waals surface area contributed by atoms with Crippen molar-refractivity contribution in [1.29, 1.82) is 0 Å². The fourth-order valence-electron chi connectivity index (χ4n) is 7.15. The minimum atomic E-state index is -0.709. The Labute approximate surface area is 294 Å². The number of furan rings is 1. The molecule has 0 spiro atoms. The lowest BCUT2D eigenvalue weighted by Crippen LogP contribution is -2.43. The van der Waals surface area contributed by atoms with Crippen LogP contribution in [-0.2, 0) is 16.8 Å². The van der Waals surface area contributed by atoms with Gasteiger partial charge >= 0.3 is 6.09 Å². The summed E-state index contributed by atoms with van der Waals surface area (Å²) in [5, 5.41) is 10.3. The van der Waals surface area contributed by atoms with Crippen molar-refractivity contribution >= 4 is 34.8 Å². The van der Waals surface area contributed by atoms with Crippen molar-refractivity contribution in [2.45, 2.75) is 72.1 Å². The van der Waals surface area contributed by atoms with E-state index in [0.29, 0.717) is 17.4 Å². The predicted octanol–water partition coefficient (Wildman–Crippen LogP) is 6.74. The van der Waals surface area contributed by atoms with Crippen molar-refractivity contribution in [3.63, 3.8) is 0 Å². The Hall–Kier alpha value is -4.48. The smallest absolute Gasteiger partial charge is 0.435 e. The normalized spacial score (nSPS) is 20.6. The van der Waals surface area contributed by atoms with Crippen LogP contribution in [0.3, 0.4) is 0 Å². The van der Waals surface area contributed by atoms with Gasteiger partial charge in [0, 0.05) is 44.4 Å². The van der Waals surface area contributed by atoms with Crippen LogP contribution in [0.1, 0.15) is 85.9 Å². The van der Waals surface area contributed by atoms with E-state index < -0.39 is 23.4 Å². The Bertz CT molecular complexity index is 1800. The summed E-state index contributed by atoms with van der Waals surface area (Å²) in [5.41, 5.74) is 2.12. The molecule has 11 heteroatoms. The molecule has 2 aromatic carbocycles. The van der Waals surface area contributed by atoms with E-state index in [1.54, 1.807) is 12.1 Å². The van der Waals surface area contributed by atoms with Crippen LogP contribution >= 0.6 is 0 Å². The third-order valence-electron chi connectivity index (χ3n) is 10.3. The zero-order valence-corrected chi connectivity index (χ0v) is 30.1. The zero-order chi connectivity index (χ0) is 35.6. The number of hydrogen-bond acceptors (Lipinski definition) is 8. The van der Waals surface area contributed by atoms with Gasteiger partial charge in [0.25, 0.3) is 11.8 Å². The third kappa shape index (κ3) is 7.94. The lowest BCUT2D eigenvalue weighted by atomic mass is 9.75. The molecule has 2 fully saturated rings. The topological polar surface area (TPSA) is 122 Å². The molecule has 1 saturated heterocycles. The first-order valence-corrected chi connectivity index (χ1v) is 17.8. The van der Waals surface area contributed by atoms with E-state index in [4.69, 9.17) is 9.15 Å². The number of aromatic nitrogens is 2. The monoisotopic (exact) mass is 682 g/mol. The lowest BCUT2D eigenvalue weighted by molar-refractivity contribution is 0.00596. The summed E-state index contributed by atoms with van der Waals surface area (Å²) in [6.45, 7) is 15.2. The predicted molar refractivity (Wildman–Crippen MR) is 193 cm³/mol. The molecule has 2 aliphatic rings. The highest BCUT2D eigenvalue weighted by molar-refractivity contribution is 6.08. The number of anilines is 1. The number of carbonyl (C=O) groups excluding carboxylic acids is 3. The summed E-state index contributed by atoms with van der Waals surface area (Å²) in [6.07, 6.45) is 1.89. The minimum absolute atomic E-state index is 0.0157. The van der Waals surface area contributed by atoms with Crippen molar-refractivity contribution in [3.05, 3.63) is 83.1 Å². The van der Waals surface area contributed by atoms with E-state index in [1.165, 1.54) is 6.07 Å². The standard InChI is InChI=1S/C39H50N6O5/c1-25(2)30-17-12-26(3)22-32(30)50-38(48)45-31-23-33(37(47)41-39(4,5)29-10-8-7-9-11-29)49-34(31)35(42-45)40-36(46)28-15-13-27(14-16-28)24-44-20-18-43(6)19-21-44/h7-11,13-16,23,25-26,30,32H,12,17-22,24H2,1-6H3,(H,41,47)(H,40,42,46)/t26-,30+,32-/m1/s1. The van der Waals surface area contributed by atoms with Gasteiger partial charge in [-0.25, -0.2) is 4.79 Å². The van der Waals surface area contributed by atoms with Gasteiger partial charge in [0.2, 0.25) is 0 Å². The molecule has 0 unspecified atom stereocenters. The highest BCUT2D eigenvalue weighted by Crippen LogP contribution is 2.36. The molecule has 0 radical (unpaired) electrons. The minimum Gasteiger partial charge on any atom is -0.445 e. The molecule has 2 N–H and O–H groups in total. The molecule has 1 aliphatic heterocycles. The van der Waals surface area contributed by atoms with Crippen LogP contribution in [0.2, 0.25) is 0 Å². The zero-order valence-electron chi connectivity index (χ0n) is 30.1. The van der Waals surface area contributed by atoms with Crippen LogP contribution in [0.5, 0.6) is 0 Å². The second-order valence-electron chi connectivity index (χ2n) is 15.0. The molecule has 2 aromatic heterocycles. The molecule has 1 aliphatic carbocycles.